The van der Waals surface area contributed by atoms with Gasteiger partial charge in [-0.2, -0.15) is 5.26 Å². The maximum absolute atomic E-state index is 9.25. The summed E-state index contributed by atoms with van der Waals surface area (Å²) < 4.78 is 0. The summed E-state index contributed by atoms with van der Waals surface area (Å²) in [5.41, 5.74) is 1.04. The van der Waals surface area contributed by atoms with Gasteiger partial charge < -0.3 is 0 Å². The Bertz CT molecular complexity index is 567. The molecule has 0 bridgehead atoms. The summed E-state index contributed by atoms with van der Waals surface area (Å²) in [6.45, 7) is 5.13. The second-order valence-electron chi connectivity index (χ2n) is 4.97. The fraction of sp³-hybridized carbons (Fsp3) is 0.312. The molecule has 2 nitrogen and oxygen atoms in total. The average Bonchev–Trinajstić information content (AvgIpc) is 2.39. The van der Waals surface area contributed by atoms with Crippen molar-refractivity contribution in [2.24, 2.45) is 5.92 Å². The van der Waals surface area contributed by atoms with Crippen LogP contribution in [0, 0.1) is 17.2 Å². The molecule has 0 aromatic heterocycles. The zero-order chi connectivity index (χ0) is 13.0. The van der Waals surface area contributed by atoms with Crippen LogP contribution in [0.3, 0.4) is 0 Å². The molecular weight excluding hydrogens is 220 g/mol. The Morgan fingerprint density at radius 3 is 2.50 bits per heavy atom. The van der Waals surface area contributed by atoms with Crippen LogP contribution >= 0.6 is 0 Å². The van der Waals surface area contributed by atoms with E-state index in [2.05, 4.69) is 49.5 Å². The molecule has 0 aliphatic heterocycles. The average molecular weight is 238 g/mol. The molecule has 0 saturated heterocycles. The highest BCUT2D eigenvalue weighted by Gasteiger charge is 2.10. The van der Waals surface area contributed by atoms with E-state index in [1.807, 2.05) is 18.2 Å². The Hall–Kier alpha value is -1.85. The summed E-state index contributed by atoms with van der Waals surface area (Å²) in [6, 6.07) is 16.5. The zero-order valence-electron chi connectivity index (χ0n) is 10.9. The number of hydrogen-bond acceptors (Lipinski definition) is 2. The maximum Gasteiger partial charge on any atom is 0.121 e. The van der Waals surface area contributed by atoms with E-state index in [1.54, 1.807) is 0 Å². The van der Waals surface area contributed by atoms with Gasteiger partial charge in [-0.15, -0.1) is 0 Å². The summed E-state index contributed by atoms with van der Waals surface area (Å²) >= 11 is 0. The van der Waals surface area contributed by atoms with Crippen molar-refractivity contribution in [3.05, 3.63) is 48.0 Å². The van der Waals surface area contributed by atoms with E-state index in [4.69, 9.17) is 0 Å². The fourth-order valence-electron chi connectivity index (χ4n) is 1.98. The molecule has 2 aromatic rings. The van der Waals surface area contributed by atoms with E-state index >= 15 is 0 Å². The largest absolute Gasteiger partial charge is 0.298 e. The minimum atomic E-state index is -0.225. The Labute approximate surface area is 108 Å². The normalized spacial score (nSPS) is 12.6. The lowest BCUT2D eigenvalue weighted by Gasteiger charge is -2.14. The lowest BCUT2D eigenvalue weighted by Crippen LogP contribution is -2.24. The molecule has 0 radical (unpaired) electrons. The van der Waals surface area contributed by atoms with Crippen LogP contribution in [0.2, 0.25) is 0 Å². The molecular formula is C16H18N2. The van der Waals surface area contributed by atoms with E-state index in [9.17, 15) is 5.26 Å². The van der Waals surface area contributed by atoms with E-state index in [0.29, 0.717) is 5.92 Å². The standard InChI is InChI=1S/C16H18N2/c1-12(2)11-18-16(10-17)15-8-7-13-5-3-4-6-14(13)9-15/h3-9,12,16,18H,11H2,1-2H3. The lowest BCUT2D eigenvalue weighted by atomic mass is 10.0. The van der Waals surface area contributed by atoms with Gasteiger partial charge in [-0.05, 0) is 34.9 Å². The van der Waals surface area contributed by atoms with Crippen LogP contribution < -0.4 is 5.32 Å². The highest BCUT2D eigenvalue weighted by atomic mass is 14.9. The number of nitriles is 1. The topological polar surface area (TPSA) is 35.8 Å². The lowest BCUT2D eigenvalue weighted by molar-refractivity contribution is 0.525. The summed E-state index contributed by atoms with van der Waals surface area (Å²) in [5.74, 6) is 0.543. The predicted molar refractivity (Wildman–Crippen MR) is 75.1 cm³/mol. The van der Waals surface area contributed by atoms with Crippen molar-refractivity contribution in [3.8, 4) is 6.07 Å². The monoisotopic (exact) mass is 238 g/mol. The van der Waals surface area contributed by atoms with Crippen molar-refractivity contribution >= 4 is 10.8 Å². The molecule has 2 heteroatoms. The SMILES string of the molecule is CC(C)CNC(C#N)c1ccc2ccccc2c1. The summed E-state index contributed by atoms with van der Waals surface area (Å²) in [5, 5.41) is 14.9. The summed E-state index contributed by atoms with van der Waals surface area (Å²) in [7, 11) is 0. The first kappa shape index (κ1) is 12.6. The second kappa shape index (κ2) is 5.66. The van der Waals surface area contributed by atoms with Crippen molar-refractivity contribution in [1.29, 1.82) is 5.26 Å². The van der Waals surface area contributed by atoms with Crippen molar-refractivity contribution in [2.45, 2.75) is 19.9 Å². The number of nitrogens with one attached hydrogen (secondary N) is 1. The maximum atomic E-state index is 9.25. The van der Waals surface area contributed by atoms with Gasteiger partial charge >= 0.3 is 0 Å². The molecule has 18 heavy (non-hydrogen) atoms. The Balaban J connectivity index is 2.26. The van der Waals surface area contributed by atoms with Crippen LogP contribution in [-0.4, -0.2) is 6.54 Å². The molecule has 1 atom stereocenters. The van der Waals surface area contributed by atoms with Crippen LogP contribution in [-0.2, 0) is 0 Å². The minimum Gasteiger partial charge on any atom is -0.298 e. The van der Waals surface area contributed by atoms with Crippen molar-refractivity contribution in [2.75, 3.05) is 6.54 Å². The molecule has 2 aromatic carbocycles. The van der Waals surface area contributed by atoms with E-state index < -0.39 is 0 Å². The van der Waals surface area contributed by atoms with E-state index in [1.165, 1.54) is 10.8 Å². The van der Waals surface area contributed by atoms with Gasteiger partial charge in [0.1, 0.15) is 6.04 Å². The number of nitrogens with zero attached hydrogens (tertiary/aromatic N) is 1. The molecule has 1 unspecified atom stereocenters. The van der Waals surface area contributed by atoms with E-state index in [-0.39, 0.29) is 6.04 Å². The first-order valence-corrected chi connectivity index (χ1v) is 6.32. The highest BCUT2D eigenvalue weighted by molar-refractivity contribution is 5.83. The molecule has 1 N–H and O–H groups in total. The fourth-order valence-corrected chi connectivity index (χ4v) is 1.98. The Kier molecular flexibility index (Phi) is 3.96. The quantitative estimate of drug-likeness (QED) is 0.882. The van der Waals surface area contributed by atoms with Gasteiger partial charge in [-0.1, -0.05) is 50.2 Å². The smallest absolute Gasteiger partial charge is 0.121 e. The highest BCUT2D eigenvalue weighted by Crippen LogP contribution is 2.20. The van der Waals surface area contributed by atoms with E-state index in [0.717, 1.165) is 12.1 Å². The van der Waals surface area contributed by atoms with Gasteiger partial charge in [0.2, 0.25) is 0 Å². The van der Waals surface area contributed by atoms with Gasteiger partial charge in [0.05, 0.1) is 6.07 Å². The van der Waals surface area contributed by atoms with Gasteiger partial charge in [0, 0.05) is 0 Å². The van der Waals surface area contributed by atoms with Crippen molar-refractivity contribution in [1.82, 2.24) is 5.32 Å². The number of hydrogen-bond donors (Lipinski definition) is 1. The number of benzene rings is 2. The van der Waals surface area contributed by atoms with Gasteiger partial charge in [0.25, 0.3) is 0 Å². The summed E-state index contributed by atoms with van der Waals surface area (Å²) in [6.07, 6.45) is 0. The minimum absolute atomic E-state index is 0.225. The zero-order valence-corrected chi connectivity index (χ0v) is 10.9. The molecule has 0 amide bonds. The predicted octanol–water partition coefficient (Wildman–Crippen LogP) is 3.65. The second-order valence-corrected chi connectivity index (χ2v) is 4.97. The third-order valence-corrected chi connectivity index (χ3v) is 2.97. The molecule has 0 fully saturated rings. The molecule has 0 aliphatic carbocycles. The first-order chi connectivity index (χ1) is 8.70. The molecule has 0 heterocycles. The van der Waals surface area contributed by atoms with Crippen LogP contribution in [0.15, 0.2) is 42.5 Å². The third kappa shape index (κ3) is 2.88. The molecule has 0 saturated carbocycles. The molecule has 0 spiro atoms. The third-order valence-electron chi connectivity index (χ3n) is 2.97. The van der Waals surface area contributed by atoms with Crippen LogP contribution in [0.25, 0.3) is 10.8 Å². The molecule has 0 aliphatic rings. The van der Waals surface area contributed by atoms with Crippen LogP contribution in [0.4, 0.5) is 0 Å². The number of rotatable bonds is 4. The molecule has 2 rings (SSSR count). The van der Waals surface area contributed by atoms with Crippen LogP contribution in [0.1, 0.15) is 25.5 Å². The molecule has 92 valence electrons. The number of fused-ring (bicyclic) bond motifs is 1. The van der Waals surface area contributed by atoms with Crippen molar-refractivity contribution in [3.63, 3.8) is 0 Å². The first-order valence-electron chi connectivity index (χ1n) is 6.32. The van der Waals surface area contributed by atoms with Gasteiger partial charge in [-0.3, -0.25) is 5.32 Å². The van der Waals surface area contributed by atoms with Gasteiger partial charge in [0.15, 0.2) is 0 Å². The Morgan fingerprint density at radius 1 is 1.11 bits per heavy atom. The Morgan fingerprint density at radius 2 is 1.83 bits per heavy atom. The summed E-state index contributed by atoms with van der Waals surface area (Å²) in [4.78, 5) is 0. The van der Waals surface area contributed by atoms with Crippen LogP contribution in [0.5, 0.6) is 0 Å². The van der Waals surface area contributed by atoms with Crippen molar-refractivity contribution < 1.29 is 0 Å². The van der Waals surface area contributed by atoms with Gasteiger partial charge in [-0.25, -0.2) is 0 Å².